The minimum absolute atomic E-state index is 0.0881. The van der Waals surface area contributed by atoms with Crippen LogP contribution >= 0.6 is 0 Å². The molecule has 0 saturated carbocycles. The molecule has 5 heteroatoms. The van der Waals surface area contributed by atoms with Crippen molar-refractivity contribution in [1.29, 1.82) is 0 Å². The lowest BCUT2D eigenvalue weighted by Crippen LogP contribution is -2.45. The van der Waals surface area contributed by atoms with E-state index in [1.165, 1.54) is 5.56 Å². The van der Waals surface area contributed by atoms with E-state index in [-0.39, 0.29) is 23.5 Å². The highest BCUT2D eigenvalue weighted by molar-refractivity contribution is 5.90. The lowest BCUT2D eigenvalue weighted by Gasteiger charge is -2.32. The van der Waals surface area contributed by atoms with Gasteiger partial charge in [-0.1, -0.05) is 19.1 Å². The normalized spacial score (nSPS) is 18.5. The van der Waals surface area contributed by atoms with E-state index in [9.17, 15) is 9.59 Å². The fourth-order valence-corrected chi connectivity index (χ4v) is 2.63. The monoisotopic (exact) mass is 303 g/mol. The first-order valence-corrected chi connectivity index (χ1v) is 7.76. The number of nitrogens with one attached hydrogen (secondary N) is 2. The molecule has 1 aromatic rings. The van der Waals surface area contributed by atoms with Crippen molar-refractivity contribution in [1.82, 2.24) is 10.2 Å². The van der Waals surface area contributed by atoms with E-state index in [1.807, 2.05) is 49.9 Å². The summed E-state index contributed by atoms with van der Waals surface area (Å²) in [6.45, 7) is 8.66. The fourth-order valence-electron chi connectivity index (χ4n) is 2.63. The molecule has 3 amide bonds. The van der Waals surface area contributed by atoms with Crippen LogP contribution in [0, 0.1) is 0 Å². The second-order valence-electron chi connectivity index (χ2n) is 6.73. The molecule has 0 radical (unpaired) electrons. The standard InChI is InChI=1S/C17H25N3O2/c1-5-12-6-8-13(9-7-12)18-16(22)19-14-10-15(21)20(11-14)17(2,3)4/h6-9,14H,5,10-11H2,1-4H3,(H2,18,19,22). The Morgan fingerprint density at radius 1 is 1.27 bits per heavy atom. The molecule has 1 unspecified atom stereocenters. The Balaban J connectivity index is 1.88. The molecule has 0 aromatic heterocycles. The molecule has 5 nitrogen and oxygen atoms in total. The second kappa shape index (κ2) is 6.38. The molecule has 0 bridgehead atoms. The van der Waals surface area contributed by atoms with Crippen molar-refractivity contribution in [3.8, 4) is 0 Å². The van der Waals surface area contributed by atoms with Crippen molar-refractivity contribution in [2.24, 2.45) is 0 Å². The van der Waals surface area contributed by atoms with E-state index in [2.05, 4.69) is 17.6 Å². The average molecular weight is 303 g/mol. The smallest absolute Gasteiger partial charge is 0.319 e. The van der Waals surface area contributed by atoms with Gasteiger partial charge >= 0.3 is 6.03 Å². The molecule has 1 aliphatic heterocycles. The van der Waals surface area contributed by atoms with Crippen LogP contribution < -0.4 is 10.6 Å². The zero-order valence-electron chi connectivity index (χ0n) is 13.8. The third kappa shape index (κ3) is 4.00. The quantitative estimate of drug-likeness (QED) is 0.902. The van der Waals surface area contributed by atoms with Crippen LogP contribution in [-0.2, 0) is 11.2 Å². The molecule has 1 heterocycles. The third-order valence-corrected chi connectivity index (χ3v) is 3.89. The molecule has 0 aliphatic carbocycles. The minimum atomic E-state index is -0.266. The van der Waals surface area contributed by atoms with Crippen LogP contribution in [0.25, 0.3) is 0 Å². The van der Waals surface area contributed by atoms with Gasteiger partial charge in [0.2, 0.25) is 5.91 Å². The number of nitrogens with zero attached hydrogens (tertiary/aromatic N) is 1. The number of hydrogen-bond donors (Lipinski definition) is 2. The number of aryl methyl sites for hydroxylation is 1. The Labute approximate surface area is 132 Å². The lowest BCUT2D eigenvalue weighted by molar-refractivity contribution is -0.131. The Bertz CT molecular complexity index is 546. The topological polar surface area (TPSA) is 61.4 Å². The van der Waals surface area contributed by atoms with Gasteiger partial charge in [0, 0.05) is 24.2 Å². The predicted molar refractivity (Wildman–Crippen MR) is 87.8 cm³/mol. The van der Waals surface area contributed by atoms with E-state index in [0.717, 1.165) is 12.1 Å². The van der Waals surface area contributed by atoms with Crippen LogP contribution in [0.4, 0.5) is 10.5 Å². The lowest BCUT2D eigenvalue weighted by atomic mass is 10.1. The number of urea groups is 1. The number of rotatable bonds is 3. The van der Waals surface area contributed by atoms with E-state index < -0.39 is 0 Å². The van der Waals surface area contributed by atoms with Gasteiger partial charge < -0.3 is 15.5 Å². The molecular formula is C17H25N3O2. The molecule has 1 fully saturated rings. The summed E-state index contributed by atoms with van der Waals surface area (Å²) in [5.74, 6) is 0.0881. The number of hydrogen-bond acceptors (Lipinski definition) is 2. The predicted octanol–water partition coefficient (Wildman–Crippen LogP) is 2.77. The molecule has 1 saturated heterocycles. The molecule has 2 N–H and O–H groups in total. The first-order chi connectivity index (χ1) is 10.3. The van der Waals surface area contributed by atoms with Gasteiger partial charge in [-0.25, -0.2) is 4.79 Å². The minimum Gasteiger partial charge on any atom is -0.336 e. The summed E-state index contributed by atoms with van der Waals surface area (Å²) in [5, 5.41) is 5.68. The average Bonchev–Trinajstić information content (AvgIpc) is 2.80. The zero-order chi connectivity index (χ0) is 16.3. The van der Waals surface area contributed by atoms with Gasteiger partial charge in [0.05, 0.1) is 6.04 Å². The molecule has 2 rings (SSSR count). The summed E-state index contributed by atoms with van der Waals surface area (Å²) in [7, 11) is 0. The highest BCUT2D eigenvalue weighted by Gasteiger charge is 2.36. The van der Waals surface area contributed by atoms with Gasteiger partial charge in [0.15, 0.2) is 0 Å². The number of anilines is 1. The second-order valence-corrected chi connectivity index (χ2v) is 6.73. The summed E-state index contributed by atoms with van der Waals surface area (Å²) in [6.07, 6.45) is 1.33. The van der Waals surface area contributed by atoms with Gasteiger partial charge in [-0.3, -0.25) is 4.79 Å². The fraction of sp³-hybridized carbons (Fsp3) is 0.529. The molecule has 22 heavy (non-hydrogen) atoms. The molecule has 0 spiro atoms. The van der Waals surface area contributed by atoms with Crippen LogP contribution in [0.2, 0.25) is 0 Å². The third-order valence-electron chi connectivity index (χ3n) is 3.89. The van der Waals surface area contributed by atoms with Gasteiger partial charge in [0.25, 0.3) is 0 Å². The van der Waals surface area contributed by atoms with Crippen LogP contribution in [0.5, 0.6) is 0 Å². The molecular weight excluding hydrogens is 278 g/mol. The van der Waals surface area contributed by atoms with Crippen molar-refractivity contribution in [2.75, 3.05) is 11.9 Å². The van der Waals surface area contributed by atoms with E-state index in [1.54, 1.807) is 0 Å². The largest absolute Gasteiger partial charge is 0.336 e. The molecule has 120 valence electrons. The summed E-state index contributed by atoms with van der Waals surface area (Å²) < 4.78 is 0. The van der Waals surface area contributed by atoms with Gasteiger partial charge in [-0.2, -0.15) is 0 Å². The van der Waals surface area contributed by atoms with Crippen molar-refractivity contribution >= 4 is 17.6 Å². The van der Waals surface area contributed by atoms with E-state index in [0.29, 0.717) is 13.0 Å². The first-order valence-electron chi connectivity index (χ1n) is 7.76. The van der Waals surface area contributed by atoms with Crippen molar-refractivity contribution in [3.63, 3.8) is 0 Å². The van der Waals surface area contributed by atoms with Gasteiger partial charge in [-0.15, -0.1) is 0 Å². The van der Waals surface area contributed by atoms with Gasteiger partial charge in [-0.05, 0) is 44.9 Å². The number of carbonyl (C=O) groups excluding carboxylic acids is 2. The number of benzene rings is 1. The van der Waals surface area contributed by atoms with E-state index >= 15 is 0 Å². The van der Waals surface area contributed by atoms with Crippen LogP contribution in [0.15, 0.2) is 24.3 Å². The van der Waals surface area contributed by atoms with E-state index in [4.69, 9.17) is 0 Å². The highest BCUT2D eigenvalue weighted by atomic mass is 16.2. The van der Waals surface area contributed by atoms with Crippen LogP contribution in [0.3, 0.4) is 0 Å². The van der Waals surface area contributed by atoms with Crippen molar-refractivity contribution in [2.45, 2.75) is 52.1 Å². The summed E-state index contributed by atoms with van der Waals surface area (Å²) in [4.78, 5) is 25.8. The maximum absolute atomic E-state index is 12.0. The molecule has 1 aromatic carbocycles. The summed E-state index contributed by atoms with van der Waals surface area (Å²) in [6, 6.07) is 7.37. The van der Waals surface area contributed by atoms with Crippen LogP contribution in [0.1, 0.15) is 39.7 Å². The summed E-state index contributed by atoms with van der Waals surface area (Å²) in [5.41, 5.74) is 1.78. The number of amides is 3. The molecule has 1 atom stereocenters. The Hall–Kier alpha value is -2.04. The van der Waals surface area contributed by atoms with Crippen molar-refractivity contribution < 1.29 is 9.59 Å². The Kier molecular flexibility index (Phi) is 4.74. The maximum Gasteiger partial charge on any atom is 0.319 e. The first kappa shape index (κ1) is 16.3. The zero-order valence-corrected chi connectivity index (χ0v) is 13.8. The van der Waals surface area contributed by atoms with Crippen LogP contribution in [-0.4, -0.2) is 35.0 Å². The number of carbonyl (C=O) groups is 2. The van der Waals surface area contributed by atoms with Gasteiger partial charge in [0.1, 0.15) is 0 Å². The highest BCUT2D eigenvalue weighted by Crippen LogP contribution is 2.22. The number of likely N-dealkylation sites (tertiary alicyclic amines) is 1. The molecule has 1 aliphatic rings. The Morgan fingerprint density at radius 3 is 2.41 bits per heavy atom. The SMILES string of the molecule is CCc1ccc(NC(=O)NC2CC(=O)N(C(C)(C)C)C2)cc1. The maximum atomic E-state index is 12.0. The Morgan fingerprint density at radius 2 is 1.91 bits per heavy atom. The summed E-state index contributed by atoms with van der Waals surface area (Å²) >= 11 is 0. The van der Waals surface area contributed by atoms with Crippen molar-refractivity contribution in [3.05, 3.63) is 29.8 Å².